The molecule has 0 saturated heterocycles. The van der Waals surface area contributed by atoms with Crippen LogP contribution in [0.2, 0.25) is 0 Å². The number of aromatic amines is 1. The van der Waals surface area contributed by atoms with E-state index in [2.05, 4.69) is 20.3 Å². The molecule has 6 N–H and O–H groups in total. The number of nitrogens with zero attached hydrogens (tertiary/aromatic N) is 3. The summed E-state index contributed by atoms with van der Waals surface area (Å²) in [7, 11) is 0. The molecule has 0 spiro atoms. The first kappa shape index (κ1) is 30.0. The van der Waals surface area contributed by atoms with Gasteiger partial charge in [-0.1, -0.05) is 36.4 Å². The minimum Gasteiger partial charge on any atom is -0.481 e. The van der Waals surface area contributed by atoms with E-state index >= 15 is 0 Å². The Bertz CT molecular complexity index is 1300. The summed E-state index contributed by atoms with van der Waals surface area (Å²) >= 11 is 0. The average Bonchev–Trinajstić information content (AvgIpc) is 3.52. The summed E-state index contributed by atoms with van der Waals surface area (Å²) in [4.78, 5) is 32.6. The molecule has 0 amide bonds. The van der Waals surface area contributed by atoms with Crippen LogP contribution in [-0.2, 0) is 27.5 Å². The second kappa shape index (κ2) is 13.5. The van der Waals surface area contributed by atoms with E-state index in [1.165, 1.54) is 0 Å². The maximum Gasteiger partial charge on any atom is 0.336 e. The number of aliphatic carboxylic acids is 3. The molecule has 0 bridgehead atoms. The van der Waals surface area contributed by atoms with E-state index < -0.39 is 42.5 Å². The van der Waals surface area contributed by atoms with E-state index in [1.807, 2.05) is 48.5 Å². The van der Waals surface area contributed by atoms with Gasteiger partial charge in [-0.2, -0.15) is 15.4 Å². The highest BCUT2D eigenvalue weighted by Gasteiger charge is 2.40. The fourth-order valence-corrected chi connectivity index (χ4v) is 3.97. The van der Waals surface area contributed by atoms with Gasteiger partial charge in [0.2, 0.25) is 6.79 Å². The predicted molar refractivity (Wildman–Crippen MR) is 137 cm³/mol. The quantitative estimate of drug-likeness (QED) is 0.185. The van der Waals surface area contributed by atoms with Crippen molar-refractivity contribution in [2.45, 2.75) is 44.6 Å². The fourth-order valence-electron chi connectivity index (χ4n) is 3.97. The molecule has 0 saturated carbocycles. The molecule has 1 aliphatic rings. The summed E-state index contributed by atoms with van der Waals surface area (Å²) in [6.07, 6.45) is -2.74. The van der Waals surface area contributed by atoms with Crippen LogP contribution in [-0.4, -0.2) is 88.8 Å². The van der Waals surface area contributed by atoms with Crippen molar-refractivity contribution < 1.29 is 49.4 Å². The highest BCUT2D eigenvalue weighted by Crippen LogP contribution is 2.33. The van der Waals surface area contributed by atoms with Gasteiger partial charge in [0.25, 0.3) is 0 Å². The maximum atomic E-state index is 10.3. The Morgan fingerprint density at radius 1 is 0.975 bits per heavy atom. The van der Waals surface area contributed by atoms with E-state index in [0.29, 0.717) is 19.6 Å². The minimum atomic E-state index is -2.74. The van der Waals surface area contributed by atoms with Gasteiger partial charge in [0, 0.05) is 25.2 Å². The number of hydrogen-bond donors (Lipinski definition) is 6. The Morgan fingerprint density at radius 2 is 1.62 bits per heavy atom. The molecule has 14 nitrogen and oxygen atoms in total. The lowest BCUT2D eigenvalue weighted by molar-refractivity contribution is -0.170. The molecule has 0 aliphatic carbocycles. The molecule has 40 heavy (non-hydrogen) atoms. The van der Waals surface area contributed by atoms with E-state index in [-0.39, 0.29) is 6.79 Å². The number of nitrogens with one attached hydrogen (secondary N) is 1. The lowest BCUT2D eigenvalue weighted by Gasteiger charge is -2.23. The second-order valence-corrected chi connectivity index (χ2v) is 9.17. The normalized spacial score (nSPS) is 12.9. The van der Waals surface area contributed by atoms with Crippen LogP contribution in [0.4, 0.5) is 0 Å². The molecule has 2 aromatic carbocycles. The van der Waals surface area contributed by atoms with Gasteiger partial charge >= 0.3 is 17.9 Å². The highest BCUT2D eigenvalue weighted by molar-refractivity contribution is 5.88. The lowest BCUT2D eigenvalue weighted by atomic mass is 9.96. The van der Waals surface area contributed by atoms with Crippen LogP contribution in [0.15, 0.2) is 48.5 Å². The van der Waals surface area contributed by atoms with Crippen molar-refractivity contribution in [2.24, 2.45) is 0 Å². The third-order valence-corrected chi connectivity index (χ3v) is 5.69. The van der Waals surface area contributed by atoms with Crippen LogP contribution in [0.3, 0.4) is 0 Å². The van der Waals surface area contributed by atoms with Crippen LogP contribution < -0.4 is 9.47 Å². The van der Waals surface area contributed by atoms with E-state index in [0.717, 1.165) is 34.0 Å². The fraction of sp³-hybridized carbons (Fsp3) is 0.346. The average molecular weight is 559 g/mol. The van der Waals surface area contributed by atoms with Gasteiger partial charge in [-0.05, 0) is 24.6 Å². The standard InChI is InChI=1S/C20H22N4O3.C6H8O7/c1-14(25)10-24(11-15-7-8-18-19(9-15)27-13-26-18)12-17-20(22-23-21-17)16-5-3-2-4-6-16;7-3(8)1-6(13,5(11)12)2-4(9)10/h2-9,14,25H,10-13H2,1H3,(H,21,22,23);13H,1-2H2,(H,7,8)(H,9,10)(H,11,12). The van der Waals surface area contributed by atoms with Crippen molar-refractivity contribution in [3.63, 3.8) is 0 Å². The third-order valence-electron chi connectivity index (χ3n) is 5.69. The number of hydrogen-bond acceptors (Lipinski definition) is 10. The van der Waals surface area contributed by atoms with Gasteiger partial charge in [-0.15, -0.1) is 0 Å². The van der Waals surface area contributed by atoms with E-state index in [1.54, 1.807) is 6.92 Å². The number of H-pyrrole nitrogens is 1. The molecule has 14 heteroatoms. The van der Waals surface area contributed by atoms with Crippen LogP contribution in [0.25, 0.3) is 11.3 Å². The Balaban J connectivity index is 0.000000289. The summed E-state index contributed by atoms with van der Waals surface area (Å²) in [5.41, 5.74) is 1.04. The number of rotatable bonds is 12. The number of aromatic nitrogens is 3. The highest BCUT2D eigenvalue weighted by atomic mass is 16.7. The van der Waals surface area contributed by atoms with Gasteiger partial charge < -0.3 is 35.0 Å². The smallest absolute Gasteiger partial charge is 0.336 e. The minimum absolute atomic E-state index is 0.259. The van der Waals surface area contributed by atoms with Gasteiger partial charge in [0.05, 0.1) is 18.9 Å². The Kier molecular flexibility index (Phi) is 10.1. The Morgan fingerprint density at radius 3 is 2.23 bits per heavy atom. The summed E-state index contributed by atoms with van der Waals surface area (Å²) in [5, 5.41) is 55.1. The number of benzene rings is 2. The van der Waals surface area contributed by atoms with Crippen LogP contribution in [0, 0.1) is 0 Å². The van der Waals surface area contributed by atoms with E-state index in [4.69, 9.17) is 29.9 Å². The topological polar surface area (TPSA) is 216 Å². The molecule has 1 unspecified atom stereocenters. The molecule has 0 fully saturated rings. The molecule has 1 atom stereocenters. The zero-order chi connectivity index (χ0) is 29.3. The van der Waals surface area contributed by atoms with Gasteiger partial charge in [-0.25, -0.2) is 4.79 Å². The van der Waals surface area contributed by atoms with E-state index in [9.17, 15) is 19.5 Å². The van der Waals surface area contributed by atoms with Gasteiger partial charge in [0.1, 0.15) is 11.4 Å². The van der Waals surface area contributed by atoms with Crippen molar-refractivity contribution in [1.29, 1.82) is 0 Å². The molecule has 1 aromatic heterocycles. The lowest BCUT2D eigenvalue weighted by Crippen LogP contribution is -2.42. The predicted octanol–water partition coefficient (Wildman–Crippen LogP) is 1.33. The first-order chi connectivity index (χ1) is 19.0. The van der Waals surface area contributed by atoms with Gasteiger partial charge in [0.15, 0.2) is 17.1 Å². The van der Waals surface area contributed by atoms with Crippen molar-refractivity contribution in [1.82, 2.24) is 20.3 Å². The molecule has 4 rings (SSSR count). The van der Waals surface area contributed by atoms with Crippen molar-refractivity contribution in [2.75, 3.05) is 13.3 Å². The molecular formula is C26H30N4O10. The monoisotopic (exact) mass is 558 g/mol. The number of fused-ring (bicyclic) bond motifs is 1. The number of aliphatic hydroxyl groups excluding tert-OH is 1. The largest absolute Gasteiger partial charge is 0.481 e. The van der Waals surface area contributed by atoms with Crippen LogP contribution >= 0.6 is 0 Å². The molecule has 214 valence electrons. The summed E-state index contributed by atoms with van der Waals surface area (Å²) in [5.74, 6) is -3.49. The summed E-state index contributed by atoms with van der Waals surface area (Å²) in [6.45, 7) is 3.79. The number of ether oxygens (including phenoxy) is 2. The summed E-state index contributed by atoms with van der Waals surface area (Å²) < 4.78 is 10.8. The van der Waals surface area contributed by atoms with Crippen molar-refractivity contribution in [3.05, 3.63) is 59.8 Å². The maximum absolute atomic E-state index is 10.3. The van der Waals surface area contributed by atoms with Crippen LogP contribution in [0.5, 0.6) is 11.5 Å². The molecule has 0 radical (unpaired) electrons. The molecule has 1 aliphatic heterocycles. The van der Waals surface area contributed by atoms with Crippen molar-refractivity contribution >= 4 is 17.9 Å². The molecule has 2 heterocycles. The number of aliphatic hydroxyl groups is 2. The Labute approximate surface area is 228 Å². The zero-order valence-electron chi connectivity index (χ0n) is 21.6. The van der Waals surface area contributed by atoms with Gasteiger partial charge in [-0.3, -0.25) is 14.5 Å². The van der Waals surface area contributed by atoms with Crippen molar-refractivity contribution in [3.8, 4) is 22.8 Å². The number of carboxylic acid groups (broad SMARTS) is 3. The number of carbonyl (C=O) groups is 3. The zero-order valence-corrected chi connectivity index (χ0v) is 21.6. The summed E-state index contributed by atoms with van der Waals surface area (Å²) in [6, 6.07) is 15.9. The second-order valence-electron chi connectivity index (χ2n) is 9.17. The first-order valence-corrected chi connectivity index (χ1v) is 12.1. The Hall–Kier alpha value is -4.53. The third kappa shape index (κ3) is 8.49. The molecule has 3 aromatic rings. The SMILES string of the molecule is CC(O)CN(Cc1ccc2c(c1)OCO2)Cc1n[nH]nc1-c1ccccc1.O=C(O)CC(O)(CC(=O)O)C(=O)O. The molecular weight excluding hydrogens is 528 g/mol. The van der Waals surface area contributed by atoms with Crippen LogP contribution in [0.1, 0.15) is 31.0 Å². The first-order valence-electron chi connectivity index (χ1n) is 12.1. The number of carboxylic acids is 3.